The number of nitrogens with zero attached hydrogens (tertiary/aromatic N) is 1. The van der Waals surface area contributed by atoms with Crippen LogP contribution in [0.25, 0.3) is 0 Å². The summed E-state index contributed by atoms with van der Waals surface area (Å²) in [6, 6.07) is 15.5. The predicted octanol–water partition coefficient (Wildman–Crippen LogP) is 2.81. The molecule has 124 valence electrons. The molecule has 1 atom stereocenters. The van der Waals surface area contributed by atoms with Crippen LogP contribution in [0.5, 0.6) is 5.75 Å². The number of nitriles is 1. The summed E-state index contributed by atoms with van der Waals surface area (Å²) in [6.45, 7) is 3.99. The van der Waals surface area contributed by atoms with Gasteiger partial charge in [-0.15, -0.1) is 0 Å². The summed E-state index contributed by atoms with van der Waals surface area (Å²) in [5, 5.41) is 21.6. The summed E-state index contributed by atoms with van der Waals surface area (Å²) in [5.41, 5.74) is 1.64. The van der Waals surface area contributed by atoms with Crippen LogP contribution in [0, 0.1) is 11.3 Å². The molecule has 5 heteroatoms. The fourth-order valence-electron chi connectivity index (χ4n) is 2.15. The lowest BCUT2D eigenvalue weighted by atomic mass is 10.1. The number of benzene rings is 2. The van der Waals surface area contributed by atoms with Crippen molar-refractivity contribution in [1.29, 1.82) is 5.26 Å². The summed E-state index contributed by atoms with van der Waals surface area (Å²) < 4.78 is 5.55. The minimum atomic E-state index is -0.805. The Hall–Kier alpha value is -2.84. The topological polar surface area (TPSA) is 82.3 Å². The van der Waals surface area contributed by atoms with E-state index < -0.39 is 6.10 Å². The van der Waals surface area contributed by atoms with Gasteiger partial charge >= 0.3 is 0 Å². The third-order valence-corrected chi connectivity index (χ3v) is 3.37. The number of aliphatic hydroxyl groups excluding tert-OH is 1. The monoisotopic (exact) mass is 324 g/mol. The van der Waals surface area contributed by atoms with E-state index in [9.17, 15) is 9.90 Å². The molecule has 0 fully saturated rings. The molecule has 2 aromatic rings. The van der Waals surface area contributed by atoms with E-state index in [0.29, 0.717) is 16.7 Å². The van der Waals surface area contributed by atoms with Crippen molar-refractivity contribution < 1.29 is 14.6 Å². The van der Waals surface area contributed by atoms with Crippen molar-refractivity contribution in [2.24, 2.45) is 0 Å². The van der Waals surface area contributed by atoms with Crippen LogP contribution < -0.4 is 10.1 Å². The first kappa shape index (κ1) is 17.5. The molecule has 1 unspecified atom stereocenters. The van der Waals surface area contributed by atoms with Gasteiger partial charge in [-0.1, -0.05) is 12.1 Å². The zero-order valence-corrected chi connectivity index (χ0v) is 13.7. The fraction of sp³-hybridized carbons (Fsp3) is 0.263. The van der Waals surface area contributed by atoms with Gasteiger partial charge in [-0.2, -0.15) is 5.26 Å². The molecule has 24 heavy (non-hydrogen) atoms. The number of aliphatic hydroxyl groups is 1. The maximum Gasteiger partial charge on any atom is 0.251 e. The van der Waals surface area contributed by atoms with Gasteiger partial charge in [-0.05, 0) is 55.8 Å². The number of amides is 1. The van der Waals surface area contributed by atoms with Gasteiger partial charge in [0.2, 0.25) is 0 Å². The molecule has 0 saturated carbocycles. The van der Waals surface area contributed by atoms with E-state index in [1.165, 1.54) is 0 Å². The number of hydrogen-bond donors (Lipinski definition) is 2. The van der Waals surface area contributed by atoms with Crippen molar-refractivity contribution in [2.75, 3.05) is 6.54 Å². The maximum atomic E-state index is 12.0. The Balaban J connectivity index is 1.90. The lowest BCUT2D eigenvalue weighted by Crippen LogP contribution is -2.28. The lowest BCUT2D eigenvalue weighted by Gasteiger charge is -2.14. The molecule has 0 saturated heterocycles. The van der Waals surface area contributed by atoms with E-state index in [1.54, 1.807) is 48.5 Å². The molecule has 0 aliphatic carbocycles. The van der Waals surface area contributed by atoms with Crippen molar-refractivity contribution in [3.05, 3.63) is 65.2 Å². The van der Waals surface area contributed by atoms with Crippen molar-refractivity contribution in [3.8, 4) is 11.8 Å². The van der Waals surface area contributed by atoms with E-state index in [2.05, 4.69) is 5.32 Å². The average molecular weight is 324 g/mol. The summed E-state index contributed by atoms with van der Waals surface area (Å²) in [7, 11) is 0. The van der Waals surface area contributed by atoms with Gasteiger partial charge < -0.3 is 15.2 Å². The van der Waals surface area contributed by atoms with Crippen LogP contribution in [0.4, 0.5) is 0 Å². The van der Waals surface area contributed by atoms with Gasteiger partial charge in [0.25, 0.3) is 5.91 Å². The largest absolute Gasteiger partial charge is 0.491 e. The van der Waals surface area contributed by atoms with Crippen molar-refractivity contribution in [3.63, 3.8) is 0 Å². The molecule has 0 aromatic heterocycles. The third-order valence-electron chi connectivity index (χ3n) is 3.37. The molecule has 2 rings (SSSR count). The maximum absolute atomic E-state index is 12.0. The summed E-state index contributed by atoms with van der Waals surface area (Å²) in [4.78, 5) is 12.0. The smallest absolute Gasteiger partial charge is 0.251 e. The molecular weight excluding hydrogens is 304 g/mol. The Morgan fingerprint density at radius 3 is 2.33 bits per heavy atom. The predicted molar refractivity (Wildman–Crippen MR) is 90.7 cm³/mol. The number of hydrogen-bond acceptors (Lipinski definition) is 4. The third kappa shape index (κ3) is 4.83. The van der Waals surface area contributed by atoms with Gasteiger partial charge in [0.15, 0.2) is 0 Å². The second-order valence-corrected chi connectivity index (χ2v) is 5.65. The highest BCUT2D eigenvalue weighted by atomic mass is 16.5. The minimum absolute atomic E-state index is 0.0903. The quantitative estimate of drug-likeness (QED) is 0.856. The Labute approximate surface area is 141 Å². The van der Waals surface area contributed by atoms with E-state index in [0.717, 1.165) is 5.75 Å². The van der Waals surface area contributed by atoms with E-state index >= 15 is 0 Å². The molecule has 2 N–H and O–H groups in total. The molecule has 1 amide bonds. The van der Waals surface area contributed by atoms with E-state index in [4.69, 9.17) is 10.00 Å². The molecule has 0 radical (unpaired) electrons. The van der Waals surface area contributed by atoms with Gasteiger partial charge in [0, 0.05) is 12.1 Å². The van der Waals surface area contributed by atoms with E-state index in [1.807, 2.05) is 19.9 Å². The highest BCUT2D eigenvalue weighted by Gasteiger charge is 2.11. The molecule has 0 aliphatic rings. The molecule has 5 nitrogen and oxygen atoms in total. The van der Waals surface area contributed by atoms with Crippen LogP contribution in [-0.4, -0.2) is 23.7 Å². The summed E-state index contributed by atoms with van der Waals surface area (Å²) in [6.07, 6.45) is -0.715. The van der Waals surface area contributed by atoms with Gasteiger partial charge in [-0.25, -0.2) is 0 Å². The first-order chi connectivity index (χ1) is 11.5. The molecule has 0 spiro atoms. The Kier molecular flexibility index (Phi) is 5.94. The second-order valence-electron chi connectivity index (χ2n) is 5.65. The van der Waals surface area contributed by atoms with Crippen LogP contribution >= 0.6 is 0 Å². The van der Waals surface area contributed by atoms with Crippen LogP contribution in [0.3, 0.4) is 0 Å². The van der Waals surface area contributed by atoms with Crippen LogP contribution in [0.15, 0.2) is 48.5 Å². The molecule has 0 bridgehead atoms. The van der Waals surface area contributed by atoms with Crippen molar-refractivity contribution in [1.82, 2.24) is 5.32 Å². The Morgan fingerprint density at radius 2 is 1.79 bits per heavy atom. The first-order valence-corrected chi connectivity index (χ1v) is 7.72. The Morgan fingerprint density at radius 1 is 1.17 bits per heavy atom. The fourth-order valence-corrected chi connectivity index (χ4v) is 2.15. The second kappa shape index (κ2) is 8.14. The normalized spacial score (nSPS) is 11.6. The van der Waals surface area contributed by atoms with Crippen LogP contribution in [-0.2, 0) is 0 Å². The standard InChI is InChI=1S/C19H20N2O3/c1-13(2)24-17-9-7-15(8-10-17)18(22)12-21-19(23)16-5-3-14(11-20)4-6-16/h3-10,13,18,22H,12H2,1-2H3,(H,21,23). The van der Waals surface area contributed by atoms with Gasteiger partial charge in [0.05, 0.1) is 23.8 Å². The number of ether oxygens (including phenoxy) is 1. The van der Waals surface area contributed by atoms with Crippen LogP contribution in [0.2, 0.25) is 0 Å². The zero-order chi connectivity index (χ0) is 17.5. The molecule has 0 aliphatic heterocycles. The molecular formula is C19H20N2O3. The summed E-state index contributed by atoms with van der Waals surface area (Å²) >= 11 is 0. The van der Waals surface area contributed by atoms with Crippen molar-refractivity contribution >= 4 is 5.91 Å². The lowest BCUT2D eigenvalue weighted by molar-refractivity contribution is 0.0916. The van der Waals surface area contributed by atoms with Gasteiger partial charge in [0.1, 0.15) is 5.75 Å². The molecule has 0 heterocycles. The Bertz CT molecular complexity index is 716. The highest BCUT2D eigenvalue weighted by molar-refractivity contribution is 5.94. The van der Waals surface area contributed by atoms with Gasteiger partial charge in [-0.3, -0.25) is 4.79 Å². The SMILES string of the molecule is CC(C)Oc1ccc(C(O)CNC(=O)c2ccc(C#N)cc2)cc1. The minimum Gasteiger partial charge on any atom is -0.491 e. The van der Waals surface area contributed by atoms with Crippen molar-refractivity contribution in [2.45, 2.75) is 26.1 Å². The highest BCUT2D eigenvalue weighted by Crippen LogP contribution is 2.18. The zero-order valence-electron chi connectivity index (χ0n) is 13.7. The first-order valence-electron chi connectivity index (χ1n) is 7.72. The number of rotatable bonds is 6. The number of carbonyl (C=O) groups is 1. The molecule has 2 aromatic carbocycles. The number of nitrogens with one attached hydrogen (secondary N) is 1. The van der Waals surface area contributed by atoms with E-state index in [-0.39, 0.29) is 18.6 Å². The van der Waals surface area contributed by atoms with Crippen LogP contribution in [0.1, 0.15) is 41.4 Å². The average Bonchev–Trinajstić information content (AvgIpc) is 2.59. The summed E-state index contributed by atoms with van der Waals surface area (Å²) in [5.74, 6) is 0.445. The number of carbonyl (C=O) groups excluding carboxylic acids is 1.